The van der Waals surface area contributed by atoms with E-state index in [2.05, 4.69) is 26.8 Å². The molecule has 3 saturated carbocycles. The van der Waals surface area contributed by atoms with Crippen LogP contribution in [0.25, 0.3) is 0 Å². The van der Waals surface area contributed by atoms with Gasteiger partial charge in [0.15, 0.2) is 0 Å². The molecule has 0 saturated heterocycles. The van der Waals surface area contributed by atoms with Gasteiger partial charge in [-0.3, -0.25) is 4.79 Å². The Hall–Kier alpha value is -0.870. The number of allylic oxidation sites excluding steroid dienone is 1. The number of aliphatic hydroxyl groups excluding tert-OH is 1. The van der Waals surface area contributed by atoms with Gasteiger partial charge in [-0.2, -0.15) is 0 Å². The lowest BCUT2D eigenvalue weighted by molar-refractivity contribution is -0.141. The Morgan fingerprint density at radius 1 is 1.20 bits per heavy atom. The number of methoxy groups -OCH3 is 2. The van der Waals surface area contributed by atoms with Gasteiger partial charge in [0, 0.05) is 18.9 Å². The van der Waals surface area contributed by atoms with E-state index in [4.69, 9.17) is 9.47 Å². The maximum atomic E-state index is 11.7. The van der Waals surface area contributed by atoms with E-state index in [0.717, 1.165) is 25.7 Å². The average molecular weight is 419 g/mol. The summed E-state index contributed by atoms with van der Waals surface area (Å²) in [7, 11) is 3.36. The zero-order valence-corrected chi connectivity index (χ0v) is 19.7. The number of aliphatic hydroxyl groups is 1. The Morgan fingerprint density at radius 3 is 2.67 bits per heavy atom. The fourth-order valence-electron chi connectivity index (χ4n) is 8.41. The van der Waals surface area contributed by atoms with Gasteiger partial charge < -0.3 is 14.6 Å². The van der Waals surface area contributed by atoms with Crippen LogP contribution in [-0.2, 0) is 14.3 Å². The molecule has 0 bridgehead atoms. The minimum atomic E-state index is -0.112. The molecule has 1 N–H and O–H groups in total. The van der Waals surface area contributed by atoms with Crippen molar-refractivity contribution in [2.75, 3.05) is 14.2 Å². The standard InChI is InChI=1S/C26H42O4/c1-16(6-11-24(28)30-5)20-9-10-21-19-8-7-17-14-18(27)12-13-25(17,2)22(19)15-23(29-4)26(20,21)3/h15-21,23,27H,6-14H2,1-5H3/t16-,17-,18+,19-,20-,21+,23-,25-,26+/m0/s1. The third-order valence-corrected chi connectivity index (χ3v) is 10.1. The highest BCUT2D eigenvalue weighted by molar-refractivity contribution is 5.69. The number of rotatable bonds is 5. The van der Waals surface area contributed by atoms with E-state index < -0.39 is 0 Å². The van der Waals surface area contributed by atoms with E-state index >= 15 is 0 Å². The highest BCUT2D eigenvalue weighted by Gasteiger charge is 2.61. The number of ether oxygens (including phenoxy) is 2. The Labute approximate surface area is 182 Å². The van der Waals surface area contributed by atoms with Crippen molar-refractivity contribution in [1.82, 2.24) is 0 Å². The van der Waals surface area contributed by atoms with Crippen LogP contribution in [0.15, 0.2) is 11.6 Å². The van der Waals surface area contributed by atoms with Crippen LogP contribution in [0.3, 0.4) is 0 Å². The van der Waals surface area contributed by atoms with Crippen molar-refractivity contribution < 1.29 is 19.4 Å². The molecule has 9 atom stereocenters. The van der Waals surface area contributed by atoms with Crippen molar-refractivity contribution in [2.24, 2.45) is 40.4 Å². The van der Waals surface area contributed by atoms with Crippen molar-refractivity contribution in [3.63, 3.8) is 0 Å². The molecule has 4 rings (SSSR count). The fourth-order valence-corrected chi connectivity index (χ4v) is 8.41. The summed E-state index contributed by atoms with van der Waals surface area (Å²) in [5.41, 5.74) is 2.02. The van der Waals surface area contributed by atoms with Crippen LogP contribution in [0.5, 0.6) is 0 Å². The van der Waals surface area contributed by atoms with Gasteiger partial charge in [0.25, 0.3) is 0 Å². The van der Waals surface area contributed by atoms with E-state index in [0.29, 0.717) is 36.0 Å². The molecular formula is C26H42O4. The number of esters is 1. The normalized spacial score (nSPS) is 46.3. The van der Waals surface area contributed by atoms with Gasteiger partial charge in [0.05, 0.1) is 19.3 Å². The lowest BCUT2D eigenvalue weighted by Gasteiger charge is -2.58. The maximum absolute atomic E-state index is 11.7. The summed E-state index contributed by atoms with van der Waals surface area (Å²) in [5, 5.41) is 10.3. The second-order valence-electron chi connectivity index (χ2n) is 11.3. The molecule has 170 valence electrons. The second kappa shape index (κ2) is 8.24. The van der Waals surface area contributed by atoms with Crippen LogP contribution in [-0.4, -0.2) is 37.5 Å². The highest BCUT2D eigenvalue weighted by atomic mass is 16.5. The van der Waals surface area contributed by atoms with Gasteiger partial charge in [-0.25, -0.2) is 0 Å². The number of hydrogen-bond acceptors (Lipinski definition) is 4. The molecule has 0 aromatic heterocycles. The first kappa shape index (κ1) is 22.3. The molecule has 4 nitrogen and oxygen atoms in total. The molecule has 4 heteroatoms. The number of hydrogen-bond donors (Lipinski definition) is 1. The van der Waals surface area contributed by atoms with Crippen molar-refractivity contribution in [3.8, 4) is 0 Å². The SMILES string of the molecule is COC(=O)CC[C@H](C)[C@@H]1CC[C@@H]2[C@@H]3CC[C@H]4C[C@H](O)CC[C@]4(C)C3=C[C@H](OC)[C@@]21C. The molecule has 0 heterocycles. The first-order valence-electron chi connectivity index (χ1n) is 12.3. The zero-order valence-electron chi connectivity index (χ0n) is 19.7. The van der Waals surface area contributed by atoms with Gasteiger partial charge in [0.1, 0.15) is 0 Å². The number of carbonyl (C=O) groups excluding carboxylic acids is 1. The van der Waals surface area contributed by atoms with Crippen LogP contribution in [0.4, 0.5) is 0 Å². The number of carbonyl (C=O) groups is 1. The van der Waals surface area contributed by atoms with Crippen molar-refractivity contribution in [3.05, 3.63) is 11.6 Å². The summed E-state index contributed by atoms with van der Waals surface area (Å²) in [6.07, 6.45) is 12.0. The first-order valence-corrected chi connectivity index (χ1v) is 12.3. The minimum absolute atomic E-state index is 0.0959. The molecule has 0 radical (unpaired) electrons. The first-order chi connectivity index (χ1) is 14.3. The van der Waals surface area contributed by atoms with Gasteiger partial charge in [-0.1, -0.05) is 32.4 Å². The van der Waals surface area contributed by atoms with Crippen molar-refractivity contribution in [2.45, 2.75) is 90.8 Å². The molecule has 0 amide bonds. The largest absolute Gasteiger partial charge is 0.469 e. The summed E-state index contributed by atoms with van der Waals surface area (Å²) in [5.74, 6) is 2.91. The third-order valence-electron chi connectivity index (χ3n) is 10.1. The van der Waals surface area contributed by atoms with E-state index in [1.165, 1.54) is 32.8 Å². The van der Waals surface area contributed by atoms with Gasteiger partial charge in [-0.15, -0.1) is 0 Å². The van der Waals surface area contributed by atoms with Crippen LogP contribution >= 0.6 is 0 Å². The summed E-state index contributed by atoms with van der Waals surface area (Å²) in [6.45, 7) is 7.28. The van der Waals surface area contributed by atoms with E-state index in [1.807, 2.05) is 7.11 Å². The van der Waals surface area contributed by atoms with Crippen molar-refractivity contribution >= 4 is 5.97 Å². The van der Waals surface area contributed by atoms with Crippen molar-refractivity contribution in [1.29, 1.82) is 0 Å². The fraction of sp³-hybridized carbons (Fsp3) is 0.885. The zero-order chi connectivity index (χ0) is 21.7. The summed E-state index contributed by atoms with van der Waals surface area (Å²) >= 11 is 0. The third kappa shape index (κ3) is 3.37. The highest BCUT2D eigenvalue weighted by Crippen LogP contribution is 2.66. The summed E-state index contributed by atoms with van der Waals surface area (Å²) in [6, 6.07) is 0. The molecule has 4 aliphatic carbocycles. The van der Waals surface area contributed by atoms with E-state index in [-0.39, 0.29) is 29.0 Å². The molecule has 0 spiro atoms. The second-order valence-corrected chi connectivity index (χ2v) is 11.3. The smallest absolute Gasteiger partial charge is 0.305 e. The van der Waals surface area contributed by atoms with Crippen LogP contribution < -0.4 is 0 Å². The Kier molecular flexibility index (Phi) is 6.13. The summed E-state index contributed by atoms with van der Waals surface area (Å²) < 4.78 is 11.1. The minimum Gasteiger partial charge on any atom is -0.469 e. The van der Waals surface area contributed by atoms with Crippen LogP contribution in [0.2, 0.25) is 0 Å². The van der Waals surface area contributed by atoms with Gasteiger partial charge in [-0.05, 0) is 86.4 Å². The molecule has 0 aromatic carbocycles. The molecule has 0 aliphatic heterocycles. The number of fused-ring (bicyclic) bond motifs is 5. The Morgan fingerprint density at radius 2 is 1.97 bits per heavy atom. The quantitative estimate of drug-likeness (QED) is 0.496. The molecule has 30 heavy (non-hydrogen) atoms. The molecular weight excluding hydrogens is 376 g/mol. The average Bonchev–Trinajstić information content (AvgIpc) is 3.09. The molecule has 4 aliphatic rings. The van der Waals surface area contributed by atoms with E-state index in [9.17, 15) is 9.90 Å². The predicted octanol–water partition coefficient (Wildman–Crippen LogP) is 5.14. The topological polar surface area (TPSA) is 55.8 Å². The Bertz CT molecular complexity index is 687. The van der Waals surface area contributed by atoms with Gasteiger partial charge >= 0.3 is 5.97 Å². The Balaban J connectivity index is 1.63. The van der Waals surface area contributed by atoms with Gasteiger partial charge in [0.2, 0.25) is 0 Å². The van der Waals surface area contributed by atoms with Crippen LogP contribution in [0.1, 0.15) is 78.6 Å². The van der Waals surface area contributed by atoms with Crippen LogP contribution in [0, 0.1) is 40.4 Å². The monoisotopic (exact) mass is 418 g/mol. The molecule has 3 fully saturated rings. The maximum Gasteiger partial charge on any atom is 0.305 e. The lowest BCUT2D eigenvalue weighted by atomic mass is 9.47. The predicted molar refractivity (Wildman–Crippen MR) is 118 cm³/mol. The lowest BCUT2D eigenvalue weighted by Crippen LogP contribution is -2.53. The molecule has 0 unspecified atom stereocenters. The molecule has 0 aromatic rings. The summed E-state index contributed by atoms with van der Waals surface area (Å²) in [4.78, 5) is 11.7. The van der Waals surface area contributed by atoms with E-state index in [1.54, 1.807) is 5.57 Å².